The van der Waals surface area contributed by atoms with Crippen molar-refractivity contribution < 1.29 is 48.7 Å². The lowest BCUT2D eigenvalue weighted by Crippen LogP contribution is -2.69. The Kier molecular flexibility index (Phi) is 7.27. The Morgan fingerprint density at radius 1 is 1.27 bits per heavy atom. The molecule has 0 spiro atoms. The van der Waals surface area contributed by atoms with Gasteiger partial charge in [0.15, 0.2) is 12.1 Å². The number of hydrogen-bond donors (Lipinski definition) is 5. The highest BCUT2D eigenvalue weighted by Crippen LogP contribution is 2.29. The minimum absolute atomic E-state index is 0.110. The van der Waals surface area contributed by atoms with Crippen LogP contribution < -0.4 is 5.73 Å². The van der Waals surface area contributed by atoms with Gasteiger partial charge in [-0.15, -0.1) is 0 Å². The maximum absolute atomic E-state index is 12.3. The average Bonchev–Trinajstić information content (AvgIpc) is 2.63. The van der Waals surface area contributed by atoms with Crippen LogP contribution in [0, 0.1) is 0 Å². The predicted molar refractivity (Wildman–Crippen MR) is 103 cm³/mol. The number of aliphatic hydroxyl groups is 2. The number of benzene rings is 1. The number of nitrogen functional groups attached to an aromatic ring is 1. The third-order valence-electron chi connectivity index (χ3n) is 4.88. The molecule has 1 heterocycles. The number of hydrogen-bond acceptors (Lipinski definition) is 9. The number of esters is 1. The molecule has 1 unspecified atom stereocenters. The average molecular weight is 429 g/mol. The van der Waals surface area contributed by atoms with Gasteiger partial charge in [-0.25, -0.2) is 9.59 Å². The number of ether oxygens (including phenoxy) is 3. The Hall–Kier alpha value is -2.44. The minimum atomic E-state index is -1.43. The second-order valence-electron chi connectivity index (χ2n) is 8.12. The molecule has 0 aromatic heterocycles. The third kappa shape index (κ3) is 5.37. The summed E-state index contributed by atoms with van der Waals surface area (Å²) in [5, 5.41) is 40.2. The van der Waals surface area contributed by atoms with Crippen LogP contribution in [0.25, 0.3) is 0 Å². The molecule has 1 aromatic rings. The molecule has 0 saturated carbocycles. The first-order valence-corrected chi connectivity index (χ1v) is 9.29. The second-order valence-corrected chi connectivity index (χ2v) is 8.12. The molecule has 6 N–H and O–H groups in total. The van der Waals surface area contributed by atoms with E-state index in [1.807, 2.05) is 0 Å². The molecule has 0 amide bonds. The first-order valence-electron chi connectivity index (χ1n) is 9.29. The van der Waals surface area contributed by atoms with Crippen molar-refractivity contribution in [1.82, 2.24) is 0 Å². The normalized spacial score (nSPS) is 28.0. The first-order chi connectivity index (χ1) is 13.8. The van der Waals surface area contributed by atoms with E-state index in [9.17, 15) is 24.9 Å². The number of carboxylic acids is 1. The maximum atomic E-state index is 12.3. The van der Waals surface area contributed by atoms with E-state index in [1.165, 1.54) is 25.1 Å². The van der Waals surface area contributed by atoms with Crippen LogP contribution in [0.5, 0.6) is 5.75 Å². The summed E-state index contributed by atoms with van der Waals surface area (Å²) in [6.07, 6.45) is -6.40. The van der Waals surface area contributed by atoms with Crippen molar-refractivity contribution in [3.63, 3.8) is 0 Å². The minimum Gasteiger partial charge on any atom is -0.507 e. The monoisotopic (exact) mass is 429 g/mol. The highest BCUT2D eigenvalue weighted by atomic mass is 16.6. The summed E-state index contributed by atoms with van der Waals surface area (Å²) in [7, 11) is 5.19. The number of aromatic hydroxyl groups is 1. The van der Waals surface area contributed by atoms with Gasteiger partial charge in [0.1, 0.15) is 36.2 Å². The number of rotatable bonds is 7. The van der Waals surface area contributed by atoms with E-state index >= 15 is 0 Å². The molecule has 1 fully saturated rings. The molecule has 30 heavy (non-hydrogen) atoms. The number of likely N-dealkylation sites (N-methyl/N-ethyl adjacent to an activating group) is 1. The maximum Gasteiger partial charge on any atom is 0.342 e. The molecule has 1 aliphatic rings. The summed E-state index contributed by atoms with van der Waals surface area (Å²) in [5.74, 6) is -2.47. The molecule has 0 bridgehead atoms. The molecular formula is C19H29N2O9+. The van der Waals surface area contributed by atoms with Gasteiger partial charge in [0.2, 0.25) is 6.29 Å². The van der Waals surface area contributed by atoms with Gasteiger partial charge >= 0.3 is 11.9 Å². The van der Waals surface area contributed by atoms with Crippen molar-refractivity contribution in [1.29, 1.82) is 0 Å². The number of quaternary nitrogens is 1. The molecule has 1 aromatic carbocycles. The van der Waals surface area contributed by atoms with Crippen molar-refractivity contribution in [2.45, 2.75) is 43.7 Å². The number of aliphatic hydroxyl groups excluding tert-OH is 2. The molecule has 0 radical (unpaired) electrons. The van der Waals surface area contributed by atoms with Crippen molar-refractivity contribution in [3.8, 4) is 5.75 Å². The molecule has 2 rings (SSSR count). The van der Waals surface area contributed by atoms with Gasteiger partial charge in [-0.3, -0.25) is 0 Å². The summed E-state index contributed by atoms with van der Waals surface area (Å²) in [6, 6.07) is 3.07. The Labute approximate surface area is 173 Å². The lowest BCUT2D eigenvalue weighted by Gasteiger charge is -2.48. The summed E-state index contributed by atoms with van der Waals surface area (Å²) in [5.41, 5.74) is 5.68. The zero-order valence-corrected chi connectivity index (χ0v) is 17.3. The van der Waals surface area contributed by atoms with Crippen LogP contribution in [0.3, 0.4) is 0 Å². The number of carbonyl (C=O) groups excluding carboxylic acids is 1. The first kappa shape index (κ1) is 23.8. The van der Waals surface area contributed by atoms with Gasteiger partial charge in [-0.2, -0.15) is 0 Å². The number of phenols is 1. The van der Waals surface area contributed by atoms with Gasteiger partial charge in [0.05, 0.1) is 21.1 Å². The number of phenolic OH excluding ortho intramolecular Hbond substituents is 1. The molecular weight excluding hydrogens is 400 g/mol. The Bertz CT molecular complexity index is 780. The summed E-state index contributed by atoms with van der Waals surface area (Å²) in [4.78, 5) is 23.5. The van der Waals surface area contributed by atoms with Crippen molar-refractivity contribution in [3.05, 3.63) is 23.8 Å². The standard InChI is InChI=1S/C19H28N2O9/c1-9(17(24)25)29-16-14(21(2,3)4)19(27)30-13(15(16)23)8-28-18(26)11-7-10(20)5-6-12(11)22/h5-7,9,13-16,19,23,27H,8,20H2,1-4H3,(H-,22,24,25,26)/p+1/t9?,13-,14-,15-,16-,19+/m1/s1. The molecule has 1 aliphatic heterocycles. The molecule has 168 valence electrons. The van der Waals surface area contributed by atoms with Crippen molar-refractivity contribution in [2.75, 3.05) is 33.5 Å². The Morgan fingerprint density at radius 2 is 1.90 bits per heavy atom. The molecule has 11 nitrogen and oxygen atoms in total. The SMILES string of the molecule is CC(O[C@H]1[C@H](O)[C@@H](COC(=O)c2cc(N)ccc2O)O[C@H](O)[C@@H]1[N+](C)(C)C)C(=O)O. The Morgan fingerprint density at radius 3 is 2.47 bits per heavy atom. The van der Waals surface area contributed by atoms with E-state index in [4.69, 9.17) is 25.1 Å². The fourth-order valence-corrected chi connectivity index (χ4v) is 3.28. The van der Waals surface area contributed by atoms with Crippen LogP contribution >= 0.6 is 0 Å². The van der Waals surface area contributed by atoms with Crippen molar-refractivity contribution in [2.24, 2.45) is 0 Å². The number of nitrogens with zero attached hydrogens (tertiary/aromatic N) is 1. The van der Waals surface area contributed by atoms with Gasteiger partial charge in [-0.05, 0) is 25.1 Å². The summed E-state index contributed by atoms with van der Waals surface area (Å²) in [6.45, 7) is 0.831. The van der Waals surface area contributed by atoms with E-state index in [0.29, 0.717) is 0 Å². The van der Waals surface area contributed by atoms with Crippen LogP contribution in [0.4, 0.5) is 5.69 Å². The van der Waals surface area contributed by atoms with Gasteiger partial charge in [0.25, 0.3) is 0 Å². The second kappa shape index (κ2) is 9.14. The Balaban J connectivity index is 2.18. The highest BCUT2D eigenvalue weighted by molar-refractivity contribution is 5.93. The fourth-order valence-electron chi connectivity index (χ4n) is 3.28. The van der Waals surface area contributed by atoms with E-state index in [0.717, 1.165) is 0 Å². The van der Waals surface area contributed by atoms with Crippen LogP contribution in [0.2, 0.25) is 0 Å². The van der Waals surface area contributed by atoms with Crippen LogP contribution in [0.15, 0.2) is 18.2 Å². The van der Waals surface area contributed by atoms with Gasteiger partial charge < -0.3 is 44.9 Å². The van der Waals surface area contributed by atoms with Crippen LogP contribution in [-0.4, -0.2) is 101 Å². The predicted octanol–water partition coefficient (Wildman–Crippen LogP) is -0.858. The van der Waals surface area contributed by atoms with Gasteiger partial charge in [-0.1, -0.05) is 0 Å². The molecule has 11 heteroatoms. The topological polar surface area (TPSA) is 169 Å². The van der Waals surface area contributed by atoms with E-state index < -0.39 is 55.3 Å². The fraction of sp³-hybridized carbons (Fsp3) is 0.579. The highest BCUT2D eigenvalue weighted by Gasteiger charge is 2.53. The number of carbonyl (C=O) groups is 2. The van der Waals surface area contributed by atoms with Crippen LogP contribution in [0.1, 0.15) is 17.3 Å². The van der Waals surface area contributed by atoms with Crippen molar-refractivity contribution >= 4 is 17.6 Å². The summed E-state index contributed by atoms with van der Waals surface area (Å²) >= 11 is 0. The smallest absolute Gasteiger partial charge is 0.342 e. The summed E-state index contributed by atoms with van der Waals surface area (Å²) < 4.78 is 16.2. The number of anilines is 1. The largest absolute Gasteiger partial charge is 0.507 e. The third-order valence-corrected chi connectivity index (χ3v) is 4.88. The number of nitrogens with two attached hydrogens (primary N) is 1. The zero-order valence-electron chi connectivity index (χ0n) is 17.3. The van der Waals surface area contributed by atoms with Crippen LogP contribution in [-0.2, 0) is 19.0 Å². The van der Waals surface area contributed by atoms with E-state index in [1.54, 1.807) is 21.1 Å². The lowest BCUT2D eigenvalue weighted by molar-refractivity contribution is -0.910. The number of aliphatic carboxylic acids is 1. The molecule has 1 saturated heterocycles. The molecule has 6 atom stereocenters. The van der Waals surface area contributed by atoms with E-state index in [-0.39, 0.29) is 21.5 Å². The van der Waals surface area contributed by atoms with E-state index in [2.05, 4.69) is 0 Å². The quantitative estimate of drug-likeness (QED) is 0.159. The number of carboxylic acid groups (broad SMARTS) is 1. The lowest BCUT2D eigenvalue weighted by atomic mass is 9.94. The molecule has 0 aliphatic carbocycles. The van der Waals surface area contributed by atoms with Gasteiger partial charge in [0, 0.05) is 5.69 Å². The zero-order chi connectivity index (χ0) is 22.8.